The molecule has 0 fully saturated rings. The van der Waals surface area contributed by atoms with Gasteiger partial charge in [-0.15, -0.1) is 0 Å². The molecule has 0 atom stereocenters. The van der Waals surface area contributed by atoms with E-state index in [1.54, 1.807) is 0 Å². The number of alkyl halides is 3. The molecule has 0 spiro atoms. The van der Waals surface area contributed by atoms with Crippen LogP contribution in [-0.2, 0) is 0 Å². The van der Waals surface area contributed by atoms with E-state index in [0.29, 0.717) is 0 Å². The summed E-state index contributed by atoms with van der Waals surface area (Å²) in [4.78, 5) is 3.54. The van der Waals surface area contributed by atoms with E-state index in [0.717, 1.165) is 0 Å². The molecule has 1 nitrogen and oxygen atoms in total. The molecule has 4 heteroatoms. The third kappa shape index (κ3) is 3.07. The summed E-state index contributed by atoms with van der Waals surface area (Å²) in [6.45, 7) is 2.90. The van der Waals surface area contributed by atoms with Gasteiger partial charge in [0.05, 0.1) is 0 Å². The molecule has 0 saturated carbocycles. The largest absolute Gasteiger partial charge is 0.412 e. The van der Waals surface area contributed by atoms with Crippen molar-refractivity contribution in [1.29, 1.82) is 0 Å². The lowest BCUT2D eigenvalue weighted by atomic mass is 10.1. The van der Waals surface area contributed by atoms with Gasteiger partial charge in [-0.2, -0.15) is 13.2 Å². The predicted octanol–water partition coefficient (Wildman–Crippen LogP) is 2.98. The average molecular weight is 179 g/mol. The van der Waals surface area contributed by atoms with Gasteiger partial charge in [0.15, 0.2) is 0 Å². The van der Waals surface area contributed by atoms with E-state index >= 15 is 0 Å². The lowest BCUT2D eigenvalue weighted by molar-refractivity contribution is -0.0940. The minimum Gasteiger partial charge on any atom is -0.296 e. The fraction of sp³-hybridized carbons (Fsp3) is 0.625. The minimum atomic E-state index is -4.22. The number of hydrogen-bond donors (Lipinski definition) is 0. The summed E-state index contributed by atoms with van der Waals surface area (Å²) in [6, 6.07) is 0. The van der Waals surface area contributed by atoms with E-state index in [2.05, 4.69) is 4.99 Å². The van der Waals surface area contributed by atoms with Crippen LogP contribution in [0.15, 0.2) is 16.1 Å². The van der Waals surface area contributed by atoms with Gasteiger partial charge in [0.25, 0.3) is 0 Å². The lowest BCUT2D eigenvalue weighted by Crippen LogP contribution is -2.13. The van der Waals surface area contributed by atoms with E-state index < -0.39 is 11.7 Å². The first kappa shape index (κ1) is 11.2. The van der Waals surface area contributed by atoms with Crippen LogP contribution in [0.2, 0.25) is 0 Å². The Labute approximate surface area is 70.0 Å². The molecule has 0 aliphatic carbocycles. The highest BCUT2D eigenvalue weighted by molar-refractivity contribution is 5.79. The van der Waals surface area contributed by atoms with E-state index in [1.165, 1.54) is 27.1 Å². The molecule has 0 aliphatic rings. The van der Waals surface area contributed by atoms with Crippen LogP contribution in [0.25, 0.3) is 0 Å². The predicted molar refractivity (Wildman–Crippen MR) is 43.5 cm³/mol. The molecule has 0 radical (unpaired) electrons. The average Bonchev–Trinajstić information content (AvgIpc) is 1.85. The Balaban J connectivity index is 4.86. The van der Waals surface area contributed by atoms with Gasteiger partial charge in [0.1, 0.15) is 0 Å². The van der Waals surface area contributed by atoms with Gasteiger partial charge < -0.3 is 0 Å². The maximum atomic E-state index is 12.2. The number of hydrogen-bond acceptors (Lipinski definition) is 1. The van der Waals surface area contributed by atoms with Crippen molar-refractivity contribution in [3.63, 3.8) is 0 Å². The Kier molecular flexibility index (Phi) is 4.00. The van der Waals surface area contributed by atoms with Crippen LogP contribution in [0.4, 0.5) is 13.2 Å². The quantitative estimate of drug-likeness (QED) is 0.578. The maximum absolute atomic E-state index is 12.2. The topological polar surface area (TPSA) is 12.4 Å². The van der Waals surface area contributed by atoms with Crippen LogP contribution >= 0.6 is 0 Å². The summed E-state index contributed by atoms with van der Waals surface area (Å²) in [7, 11) is 1.45. The molecule has 0 heterocycles. The molecule has 0 aliphatic heterocycles. The smallest absolute Gasteiger partial charge is 0.296 e. The highest BCUT2D eigenvalue weighted by atomic mass is 19.4. The minimum absolute atomic E-state index is 0.0125. The number of aliphatic imine (C=N–C) groups is 1. The molecule has 12 heavy (non-hydrogen) atoms. The standard InChI is InChI=1S/C8H12F3N/c1-4-7(8(9,10)11)6(2)5-12-3/h5H,4H2,1-3H3/b7-6+,12-5?. The second-order valence-electron chi connectivity index (χ2n) is 2.40. The third-order valence-electron chi connectivity index (χ3n) is 1.49. The van der Waals surface area contributed by atoms with Gasteiger partial charge in [0, 0.05) is 18.8 Å². The molecule has 0 rings (SSSR count). The number of rotatable bonds is 2. The van der Waals surface area contributed by atoms with Crippen molar-refractivity contribution in [3.8, 4) is 0 Å². The van der Waals surface area contributed by atoms with Crippen molar-refractivity contribution < 1.29 is 13.2 Å². The Morgan fingerprint density at radius 3 is 2.17 bits per heavy atom. The van der Waals surface area contributed by atoms with Gasteiger partial charge in [-0.3, -0.25) is 4.99 Å². The van der Waals surface area contributed by atoms with Crippen LogP contribution in [0.1, 0.15) is 20.3 Å². The monoisotopic (exact) mass is 179 g/mol. The maximum Gasteiger partial charge on any atom is 0.412 e. The molecule has 70 valence electrons. The van der Waals surface area contributed by atoms with Gasteiger partial charge in [0.2, 0.25) is 0 Å². The fourth-order valence-corrected chi connectivity index (χ4v) is 0.974. The summed E-state index contributed by atoms with van der Waals surface area (Å²) in [5, 5.41) is 0. The summed E-state index contributed by atoms with van der Waals surface area (Å²) >= 11 is 0. The van der Waals surface area contributed by atoms with Crippen molar-refractivity contribution in [2.75, 3.05) is 7.05 Å². The van der Waals surface area contributed by atoms with Gasteiger partial charge in [-0.25, -0.2) is 0 Å². The zero-order valence-electron chi connectivity index (χ0n) is 7.37. The van der Waals surface area contributed by atoms with Crippen molar-refractivity contribution in [3.05, 3.63) is 11.1 Å². The zero-order valence-corrected chi connectivity index (χ0v) is 7.37. The SMILES string of the molecule is CC/C(=C(/C)C=NC)C(F)(F)F. The Morgan fingerprint density at radius 1 is 1.42 bits per heavy atom. The Bertz CT molecular complexity index is 201. The van der Waals surface area contributed by atoms with Gasteiger partial charge in [-0.05, 0) is 18.9 Å². The number of allylic oxidation sites excluding steroid dienone is 2. The van der Waals surface area contributed by atoms with Crippen molar-refractivity contribution in [2.45, 2.75) is 26.4 Å². The van der Waals surface area contributed by atoms with Gasteiger partial charge >= 0.3 is 6.18 Å². The molecular weight excluding hydrogens is 167 g/mol. The van der Waals surface area contributed by atoms with Crippen molar-refractivity contribution >= 4 is 6.21 Å². The van der Waals surface area contributed by atoms with E-state index in [9.17, 15) is 13.2 Å². The molecule has 0 aromatic carbocycles. The zero-order chi connectivity index (χ0) is 9.78. The summed E-state index contributed by atoms with van der Waals surface area (Å²) in [6.07, 6.45) is -3.01. The first-order valence-electron chi connectivity index (χ1n) is 3.62. The number of nitrogens with zero attached hydrogens (tertiary/aromatic N) is 1. The van der Waals surface area contributed by atoms with E-state index in [-0.39, 0.29) is 12.0 Å². The van der Waals surface area contributed by atoms with Crippen molar-refractivity contribution in [1.82, 2.24) is 0 Å². The van der Waals surface area contributed by atoms with E-state index in [4.69, 9.17) is 0 Å². The molecule has 0 saturated heterocycles. The molecule has 0 N–H and O–H groups in total. The van der Waals surface area contributed by atoms with Gasteiger partial charge in [-0.1, -0.05) is 6.92 Å². The molecule has 0 aromatic heterocycles. The Morgan fingerprint density at radius 2 is 1.92 bits per heavy atom. The van der Waals surface area contributed by atoms with Crippen LogP contribution < -0.4 is 0 Å². The molecule has 0 unspecified atom stereocenters. The third-order valence-corrected chi connectivity index (χ3v) is 1.49. The van der Waals surface area contributed by atoms with Crippen LogP contribution in [0, 0.1) is 0 Å². The summed E-state index contributed by atoms with van der Waals surface area (Å²) < 4.78 is 36.5. The second-order valence-corrected chi connectivity index (χ2v) is 2.40. The van der Waals surface area contributed by atoms with Crippen LogP contribution in [0.3, 0.4) is 0 Å². The molecule has 0 bridgehead atoms. The highest BCUT2D eigenvalue weighted by Crippen LogP contribution is 2.29. The summed E-state index contributed by atoms with van der Waals surface area (Å²) in [5.74, 6) is 0. The lowest BCUT2D eigenvalue weighted by Gasteiger charge is -2.10. The van der Waals surface area contributed by atoms with E-state index in [1.807, 2.05) is 0 Å². The normalized spacial score (nSPS) is 15.2. The second kappa shape index (κ2) is 4.28. The fourth-order valence-electron chi connectivity index (χ4n) is 0.974. The first-order chi connectivity index (χ1) is 5.43. The Hall–Kier alpha value is -0.800. The molecule has 0 amide bonds. The molecule has 0 aromatic rings. The highest BCUT2D eigenvalue weighted by Gasteiger charge is 2.33. The number of halogens is 3. The van der Waals surface area contributed by atoms with Crippen molar-refractivity contribution in [2.24, 2.45) is 4.99 Å². The molecular formula is C8H12F3N. The summed E-state index contributed by atoms with van der Waals surface area (Å²) in [5.41, 5.74) is -0.319. The van der Waals surface area contributed by atoms with Crippen LogP contribution in [0.5, 0.6) is 0 Å². The first-order valence-corrected chi connectivity index (χ1v) is 3.62. The van der Waals surface area contributed by atoms with Crippen LogP contribution in [-0.4, -0.2) is 19.4 Å².